The molecule has 0 amide bonds. The molecule has 102 valence electrons. The molecule has 0 aromatic carbocycles. The van der Waals surface area contributed by atoms with Crippen molar-refractivity contribution in [3.05, 3.63) is 0 Å². The first-order valence-electron chi connectivity index (χ1n) is 6.66. The molecule has 1 nitrogen and oxygen atoms in total. The molecule has 0 radical (unpaired) electrons. The van der Waals surface area contributed by atoms with Crippen LogP contribution in [0, 0.1) is 17.8 Å². The molecular formula is C13H24F3N. The Balaban J connectivity index is 2.36. The van der Waals surface area contributed by atoms with Gasteiger partial charge in [-0.3, -0.25) is 0 Å². The van der Waals surface area contributed by atoms with Crippen LogP contribution in [-0.4, -0.2) is 12.2 Å². The predicted octanol–water partition coefficient (Wildman–Crippen LogP) is 4.12. The molecule has 1 aliphatic rings. The topological polar surface area (TPSA) is 26.0 Å². The zero-order valence-electron chi connectivity index (χ0n) is 10.8. The second-order valence-electron chi connectivity index (χ2n) is 5.57. The fourth-order valence-electron chi connectivity index (χ4n) is 2.70. The molecule has 0 bridgehead atoms. The van der Waals surface area contributed by atoms with E-state index in [1.165, 1.54) is 0 Å². The highest BCUT2D eigenvalue weighted by molar-refractivity contribution is 4.83. The van der Waals surface area contributed by atoms with Crippen LogP contribution in [-0.2, 0) is 0 Å². The van der Waals surface area contributed by atoms with Crippen molar-refractivity contribution in [3.63, 3.8) is 0 Å². The van der Waals surface area contributed by atoms with Crippen molar-refractivity contribution >= 4 is 0 Å². The molecule has 0 spiro atoms. The van der Waals surface area contributed by atoms with Crippen molar-refractivity contribution in [2.75, 3.05) is 0 Å². The van der Waals surface area contributed by atoms with E-state index in [2.05, 4.69) is 13.8 Å². The molecule has 1 aliphatic carbocycles. The lowest BCUT2D eigenvalue weighted by Crippen LogP contribution is -2.37. The maximum atomic E-state index is 12.5. The summed E-state index contributed by atoms with van der Waals surface area (Å²) in [6.45, 7) is 4.28. The molecule has 0 aliphatic heterocycles. The van der Waals surface area contributed by atoms with Gasteiger partial charge in [0.1, 0.15) is 0 Å². The van der Waals surface area contributed by atoms with E-state index in [1.807, 2.05) is 0 Å². The number of halogens is 3. The average molecular weight is 251 g/mol. The van der Waals surface area contributed by atoms with E-state index in [-0.39, 0.29) is 18.9 Å². The first kappa shape index (κ1) is 14.8. The normalized spacial score (nSPS) is 30.0. The summed E-state index contributed by atoms with van der Waals surface area (Å²) in [4.78, 5) is 0. The summed E-state index contributed by atoms with van der Waals surface area (Å²) in [5, 5.41) is 0. The molecule has 2 atom stereocenters. The maximum Gasteiger partial charge on any atom is 0.391 e. The Morgan fingerprint density at radius 2 is 1.71 bits per heavy atom. The van der Waals surface area contributed by atoms with Crippen molar-refractivity contribution in [1.82, 2.24) is 0 Å². The van der Waals surface area contributed by atoms with Crippen molar-refractivity contribution in [2.45, 2.75) is 64.6 Å². The van der Waals surface area contributed by atoms with E-state index < -0.39 is 12.1 Å². The van der Waals surface area contributed by atoms with Crippen molar-refractivity contribution in [1.29, 1.82) is 0 Å². The number of alkyl halides is 3. The third kappa shape index (κ3) is 4.49. The minimum Gasteiger partial charge on any atom is -0.327 e. The predicted molar refractivity (Wildman–Crippen MR) is 63.6 cm³/mol. The molecule has 0 aromatic heterocycles. The van der Waals surface area contributed by atoms with Gasteiger partial charge in [0, 0.05) is 6.04 Å². The van der Waals surface area contributed by atoms with Crippen LogP contribution in [0.1, 0.15) is 52.4 Å². The molecule has 0 heterocycles. The Bertz CT molecular complexity index is 219. The van der Waals surface area contributed by atoms with Gasteiger partial charge in [-0.05, 0) is 43.9 Å². The smallest absolute Gasteiger partial charge is 0.327 e. The minimum absolute atomic E-state index is 0.0825. The molecule has 2 unspecified atom stereocenters. The lowest BCUT2D eigenvalue weighted by atomic mass is 9.76. The number of rotatable bonds is 4. The van der Waals surface area contributed by atoms with Crippen LogP contribution in [0.3, 0.4) is 0 Å². The van der Waals surface area contributed by atoms with Gasteiger partial charge >= 0.3 is 6.18 Å². The molecular weight excluding hydrogens is 227 g/mol. The van der Waals surface area contributed by atoms with Crippen LogP contribution in [0.15, 0.2) is 0 Å². The molecule has 1 saturated carbocycles. The van der Waals surface area contributed by atoms with Crippen molar-refractivity contribution < 1.29 is 13.2 Å². The van der Waals surface area contributed by atoms with Gasteiger partial charge in [0.15, 0.2) is 0 Å². The minimum atomic E-state index is -4.01. The first-order chi connectivity index (χ1) is 7.84. The highest BCUT2D eigenvalue weighted by Gasteiger charge is 2.42. The number of hydrogen-bond donors (Lipinski definition) is 1. The summed E-state index contributed by atoms with van der Waals surface area (Å²) < 4.78 is 37.5. The van der Waals surface area contributed by atoms with E-state index in [4.69, 9.17) is 5.73 Å². The van der Waals surface area contributed by atoms with E-state index in [0.29, 0.717) is 24.7 Å². The van der Waals surface area contributed by atoms with Crippen LogP contribution in [0.5, 0.6) is 0 Å². The summed E-state index contributed by atoms with van der Waals surface area (Å²) in [5.41, 5.74) is 6.10. The van der Waals surface area contributed by atoms with Gasteiger partial charge in [0.25, 0.3) is 0 Å². The molecule has 2 N–H and O–H groups in total. The van der Waals surface area contributed by atoms with Gasteiger partial charge < -0.3 is 5.73 Å². The summed E-state index contributed by atoms with van der Waals surface area (Å²) in [6.07, 6.45) is -0.163. The third-order valence-corrected chi connectivity index (χ3v) is 4.21. The van der Waals surface area contributed by atoms with Gasteiger partial charge in [-0.2, -0.15) is 13.2 Å². The summed E-state index contributed by atoms with van der Waals surface area (Å²) in [6, 6.07) is 0.0825. The molecule has 4 heteroatoms. The maximum absolute atomic E-state index is 12.5. The first-order valence-corrected chi connectivity index (χ1v) is 6.66. The molecule has 1 fully saturated rings. The number of hydrogen-bond acceptors (Lipinski definition) is 1. The Labute approximate surface area is 102 Å². The second kappa shape index (κ2) is 6.07. The monoisotopic (exact) mass is 251 g/mol. The average Bonchev–Trinajstić information content (AvgIpc) is 2.27. The van der Waals surface area contributed by atoms with Gasteiger partial charge in [-0.1, -0.05) is 20.3 Å². The third-order valence-electron chi connectivity index (χ3n) is 4.21. The Morgan fingerprint density at radius 1 is 1.18 bits per heavy atom. The van der Waals surface area contributed by atoms with E-state index >= 15 is 0 Å². The SMILES string of the molecule is CCC(C)CC(N)C1CCC(C(F)(F)F)CC1. The van der Waals surface area contributed by atoms with Crippen LogP contribution < -0.4 is 5.73 Å². The zero-order chi connectivity index (χ0) is 13.1. The lowest BCUT2D eigenvalue weighted by molar-refractivity contribution is -0.184. The van der Waals surface area contributed by atoms with E-state index in [1.54, 1.807) is 0 Å². The fraction of sp³-hybridized carbons (Fsp3) is 1.00. The van der Waals surface area contributed by atoms with Gasteiger partial charge in [-0.25, -0.2) is 0 Å². The molecule has 17 heavy (non-hydrogen) atoms. The Morgan fingerprint density at radius 3 is 2.12 bits per heavy atom. The number of nitrogens with two attached hydrogens (primary N) is 1. The highest BCUT2D eigenvalue weighted by atomic mass is 19.4. The van der Waals surface area contributed by atoms with Gasteiger partial charge in [0.2, 0.25) is 0 Å². The van der Waals surface area contributed by atoms with Crippen molar-refractivity contribution in [3.8, 4) is 0 Å². The summed E-state index contributed by atoms with van der Waals surface area (Å²) in [5.74, 6) is -0.220. The van der Waals surface area contributed by atoms with E-state index in [9.17, 15) is 13.2 Å². The van der Waals surface area contributed by atoms with Crippen LogP contribution in [0.25, 0.3) is 0 Å². The molecule has 0 aromatic rings. The standard InChI is InChI=1S/C13H24F3N/c1-3-9(2)8-12(17)10-4-6-11(7-5-10)13(14,15)16/h9-12H,3-8,17H2,1-2H3. The lowest BCUT2D eigenvalue weighted by Gasteiger charge is -2.33. The van der Waals surface area contributed by atoms with Crippen LogP contribution in [0.2, 0.25) is 0 Å². The quantitative estimate of drug-likeness (QED) is 0.799. The molecule has 0 saturated heterocycles. The van der Waals surface area contributed by atoms with Crippen molar-refractivity contribution in [2.24, 2.45) is 23.5 Å². The summed E-state index contributed by atoms with van der Waals surface area (Å²) >= 11 is 0. The molecule has 1 rings (SSSR count). The van der Waals surface area contributed by atoms with Gasteiger partial charge in [0.05, 0.1) is 5.92 Å². The second-order valence-corrected chi connectivity index (χ2v) is 5.57. The largest absolute Gasteiger partial charge is 0.391 e. The summed E-state index contributed by atoms with van der Waals surface area (Å²) in [7, 11) is 0. The van der Waals surface area contributed by atoms with Crippen LogP contribution in [0.4, 0.5) is 13.2 Å². The highest BCUT2D eigenvalue weighted by Crippen LogP contribution is 2.40. The Kier molecular flexibility index (Phi) is 5.29. The van der Waals surface area contributed by atoms with Gasteiger partial charge in [-0.15, -0.1) is 0 Å². The van der Waals surface area contributed by atoms with Crippen LogP contribution >= 0.6 is 0 Å². The fourth-order valence-corrected chi connectivity index (χ4v) is 2.70. The van der Waals surface area contributed by atoms with E-state index in [0.717, 1.165) is 12.8 Å². The Hall–Kier alpha value is -0.250. The zero-order valence-corrected chi connectivity index (χ0v) is 10.8.